The van der Waals surface area contributed by atoms with E-state index in [1.165, 1.54) is 0 Å². The topological polar surface area (TPSA) is 53.7 Å². The molecule has 0 saturated carbocycles. The zero-order valence-electron chi connectivity index (χ0n) is 15.7. The predicted molar refractivity (Wildman–Crippen MR) is 117 cm³/mol. The molecule has 0 aliphatic carbocycles. The Hall–Kier alpha value is -2.89. The van der Waals surface area contributed by atoms with Crippen LogP contribution in [0.2, 0.25) is 0 Å². The van der Waals surface area contributed by atoms with Crippen LogP contribution < -0.4 is 4.90 Å². The van der Waals surface area contributed by atoms with Gasteiger partial charge in [0.05, 0.1) is 23.3 Å². The van der Waals surface area contributed by atoms with E-state index >= 15 is 0 Å². The SMILES string of the molecule is [C-]#[N+]c1ccnc(N2CCN(C(=O)c3ccccc3SCc3cscn3)CC2)c1. The average Bonchev–Trinajstić information content (AvgIpc) is 3.31. The van der Waals surface area contributed by atoms with Gasteiger partial charge in [0, 0.05) is 48.4 Å². The smallest absolute Gasteiger partial charge is 0.255 e. The molecule has 0 atom stereocenters. The number of hydrogen-bond donors (Lipinski definition) is 0. The summed E-state index contributed by atoms with van der Waals surface area (Å²) in [5.74, 6) is 1.61. The van der Waals surface area contributed by atoms with E-state index in [4.69, 9.17) is 6.57 Å². The van der Waals surface area contributed by atoms with Crippen LogP contribution in [-0.4, -0.2) is 47.0 Å². The first-order valence-corrected chi connectivity index (χ1v) is 11.1. The number of amides is 1. The van der Waals surface area contributed by atoms with Crippen molar-refractivity contribution >= 4 is 40.5 Å². The summed E-state index contributed by atoms with van der Waals surface area (Å²) >= 11 is 3.23. The van der Waals surface area contributed by atoms with Gasteiger partial charge in [0.1, 0.15) is 5.82 Å². The molecule has 29 heavy (non-hydrogen) atoms. The van der Waals surface area contributed by atoms with Crippen LogP contribution in [0, 0.1) is 6.57 Å². The third-order valence-corrected chi connectivity index (χ3v) is 6.47. The molecule has 1 aliphatic heterocycles. The number of rotatable bonds is 5. The maximum Gasteiger partial charge on any atom is 0.255 e. The number of carbonyl (C=O) groups is 1. The van der Waals surface area contributed by atoms with Gasteiger partial charge in [0.2, 0.25) is 0 Å². The second-order valence-electron chi connectivity index (χ2n) is 6.53. The number of hydrogen-bond acceptors (Lipinski definition) is 6. The summed E-state index contributed by atoms with van der Waals surface area (Å²) in [6.45, 7) is 9.83. The lowest BCUT2D eigenvalue weighted by atomic mass is 10.2. The molecule has 4 rings (SSSR count). The van der Waals surface area contributed by atoms with Gasteiger partial charge in [-0.25, -0.2) is 14.8 Å². The van der Waals surface area contributed by atoms with Gasteiger partial charge in [0.15, 0.2) is 5.69 Å². The van der Waals surface area contributed by atoms with Crippen molar-refractivity contribution in [1.82, 2.24) is 14.9 Å². The van der Waals surface area contributed by atoms with Crippen molar-refractivity contribution in [2.45, 2.75) is 10.6 Å². The molecular formula is C21H19N5OS2. The van der Waals surface area contributed by atoms with Crippen molar-refractivity contribution in [2.75, 3.05) is 31.1 Å². The summed E-state index contributed by atoms with van der Waals surface area (Å²) < 4.78 is 0. The van der Waals surface area contributed by atoms with Crippen LogP contribution in [0.15, 0.2) is 58.4 Å². The number of aromatic nitrogens is 2. The number of pyridine rings is 1. The molecule has 2 aromatic heterocycles. The summed E-state index contributed by atoms with van der Waals surface area (Å²) in [5, 5.41) is 2.04. The molecule has 1 fully saturated rings. The van der Waals surface area contributed by atoms with E-state index in [1.807, 2.05) is 40.1 Å². The molecule has 6 nitrogen and oxygen atoms in total. The number of thioether (sulfide) groups is 1. The molecule has 0 spiro atoms. The minimum absolute atomic E-state index is 0.0638. The Balaban J connectivity index is 1.41. The van der Waals surface area contributed by atoms with Gasteiger partial charge in [-0.1, -0.05) is 12.1 Å². The van der Waals surface area contributed by atoms with Gasteiger partial charge in [-0.3, -0.25) is 4.79 Å². The molecule has 8 heteroatoms. The maximum absolute atomic E-state index is 13.2. The van der Waals surface area contributed by atoms with Crippen LogP contribution >= 0.6 is 23.1 Å². The molecule has 1 aliphatic rings. The Kier molecular flexibility index (Phi) is 6.08. The zero-order valence-corrected chi connectivity index (χ0v) is 17.3. The lowest BCUT2D eigenvalue weighted by molar-refractivity contribution is 0.0743. The first-order chi connectivity index (χ1) is 14.2. The average molecular weight is 422 g/mol. The van der Waals surface area contributed by atoms with E-state index in [9.17, 15) is 4.79 Å². The molecule has 1 saturated heterocycles. The van der Waals surface area contributed by atoms with Crippen molar-refractivity contribution in [3.8, 4) is 0 Å². The first kappa shape index (κ1) is 19.4. The molecule has 0 radical (unpaired) electrons. The quantitative estimate of drug-likeness (QED) is 0.453. The number of carbonyl (C=O) groups excluding carboxylic acids is 1. The number of thiazole rings is 1. The van der Waals surface area contributed by atoms with E-state index in [0.717, 1.165) is 27.7 Å². The third-order valence-electron chi connectivity index (χ3n) is 4.73. The Morgan fingerprint density at radius 1 is 1.17 bits per heavy atom. The lowest BCUT2D eigenvalue weighted by Crippen LogP contribution is -2.49. The number of benzene rings is 1. The van der Waals surface area contributed by atoms with Crippen molar-refractivity contribution in [1.29, 1.82) is 0 Å². The Morgan fingerprint density at radius 2 is 2.00 bits per heavy atom. The minimum atomic E-state index is 0.0638. The highest BCUT2D eigenvalue weighted by atomic mass is 32.2. The van der Waals surface area contributed by atoms with Crippen LogP contribution in [0.3, 0.4) is 0 Å². The number of nitrogens with zero attached hydrogens (tertiary/aromatic N) is 5. The van der Waals surface area contributed by atoms with E-state index in [2.05, 4.69) is 19.7 Å². The zero-order chi connectivity index (χ0) is 20.1. The second-order valence-corrected chi connectivity index (χ2v) is 8.26. The summed E-state index contributed by atoms with van der Waals surface area (Å²) in [5.41, 5.74) is 4.19. The number of piperazine rings is 1. The molecule has 0 bridgehead atoms. The molecule has 3 heterocycles. The molecule has 146 valence electrons. The highest BCUT2D eigenvalue weighted by Crippen LogP contribution is 2.28. The van der Waals surface area contributed by atoms with Crippen LogP contribution in [0.4, 0.5) is 11.5 Å². The largest absolute Gasteiger partial charge is 0.354 e. The molecule has 1 aromatic carbocycles. The first-order valence-electron chi connectivity index (χ1n) is 9.21. The molecule has 1 amide bonds. The monoisotopic (exact) mass is 421 g/mol. The molecule has 0 N–H and O–H groups in total. The fourth-order valence-corrected chi connectivity index (χ4v) is 4.80. The van der Waals surface area contributed by atoms with Crippen LogP contribution in [-0.2, 0) is 5.75 Å². The second kappa shape index (κ2) is 9.07. The van der Waals surface area contributed by atoms with Crippen molar-refractivity contribution in [3.63, 3.8) is 0 Å². The molecular weight excluding hydrogens is 402 g/mol. The summed E-state index contributed by atoms with van der Waals surface area (Å²) in [6, 6.07) is 11.3. The molecule has 0 unspecified atom stereocenters. The summed E-state index contributed by atoms with van der Waals surface area (Å²) in [4.78, 5) is 30.3. The number of anilines is 1. The van der Waals surface area contributed by atoms with Gasteiger partial charge in [-0.2, -0.15) is 0 Å². The van der Waals surface area contributed by atoms with E-state index in [-0.39, 0.29) is 5.91 Å². The Morgan fingerprint density at radius 3 is 2.76 bits per heavy atom. The highest BCUT2D eigenvalue weighted by molar-refractivity contribution is 7.98. The Labute approximate surface area is 178 Å². The van der Waals surface area contributed by atoms with Crippen LogP contribution in [0.1, 0.15) is 16.1 Å². The van der Waals surface area contributed by atoms with Gasteiger partial charge in [-0.05, 0) is 24.3 Å². The fourth-order valence-electron chi connectivity index (χ4n) is 3.19. The van der Waals surface area contributed by atoms with E-state index in [0.29, 0.717) is 31.9 Å². The van der Waals surface area contributed by atoms with Gasteiger partial charge in [0.25, 0.3) is 5.91 Å². The normalized spacial score (nSPS) is 13.9. The lowest BCUT2D eigenvalue weighted by Gasteiger charge is -2.35. The fraction of sp³-hybridized carbons (Fsp3) is 0.238. The van der Waals surface area contributed by atoms with Gasteiger partial charge in [-0.15, -0.1) is 23.1 Å². The van der Waals surface area contributed by atoms with Crippen molar-refractivity contribution in [2.24, 2.45) is 0 Å². The predicted octanol–water partition coefficient (Wildman–Crippen LogP) is 4.34. The summed E-state index contributed by atoms with van der Waals surface area (Å²) in [7, 11) is 0. The maximum atomic E-state index is 13.2. The van der Waals surface area contributed by atoms with Crippen LogP contribution in [0.25, 0.3) is 4.85 Å². The molecule has 3 aromatic rings. The van der Waals surface area contributed by atoms with E-state index < -0.39 is 0 Å². The van der Waals surface area contributed by atoms with Gasteiger partial charge < -0.3 is 9.80 Å². The third kappa shape index (κ3) is 4.58. The van der Waals surface area contributed by atoms with Crippen LogP contribution in [0.5, 0.6) is 0 Å². The van der Waals surface area contributed by atoms with Crippen molar-refractivity contribution in [3.05, 3.63) is 76.2 Å². The highest BCUT2D eigenvalue weighted by Gasteiger charge is 2.24. The standard InChI is InChI=1S/C21H19N5OS2/c1-22-16-6-7-23-20(12-16)25-8-10-26(11-9-25)21(27)18-4-2-3-5-19(18)29-14-17-13-28-15-24-17/h2-7,12-13,15H,8-11,14H2. The summed E-state index contributed by atoms with van der Waals surface area (Å²) in [6.07, 6.45) is 1.66. The Bertz CT molecular complexity index is 1020. The van der Waals surface area contributed by atoms with Crippen molar-refractivity contribution < 1.29 is 4.79 Å². The van der Waals surface area contributed by atoms with Gasteiger partial charge >= 0.3 is 0 Å². The minimum Gasteiger partial charge on any atom is -0.354 e. The van der Waals surface area contributed by atoms with E-state index in [1.54, 1.807) is 41.4 Å².